The maximum atomic E-state index is 13.5. The normalized spacial score (nSPS) is 9.67. The molecule has 0 atom stereocenters. The number of carbonyl (C=O) groups excluding carboxylic acids is 1. The van der Waals surface area contributed by atoms with Gasteiger partial charge in [0.05, 0.1) is 5.69 Å². The standard InChI is InChI=1S/C12H12FNO4/c1-3-4-18-12(17)14-9-6-7(2)5-8(13)10(9)11(15)16/h3,5-6H,1,4H2,2H3,(H,14,17)(H,15,16). The van der Waals surface area contributed by atoms with Crippen molar-refractivity contribution in [1.82, 2.24) is 0 Å². The quantitative estimate of drug-likeness (QED) is 0.808. The Morgan fingerprint density at radius 1 is 1.56 bits per heavy atom. The van der Waals surface area contributed by atoms with E-state index in [-0.39, 0.29) is 12.3 Å². The van der Waals surface area contributed by atoms with Crippen LogP contribution in [0.4, 0.5) is 14.9 Å². The zero-order valence-corrected chi connectivity index (χ0v) is 9.70. The molecule has 0 saturated carbocycles. The highest BCUT2D eigenvalue weighted by atomic mass is 19.1. The van der Waals surface area contributed by atoms with Crippen LogP contribution in [0, 0.1) is 12.7 Å². The first-order chi connectivity index (χ1) is 8.45. The van der Waals surface area contributed by atoms with Crippen LogP contribution in [0.15, 0.2) is 24.8 Å². The predicted octanol–water partition coefficient (Wildman–Crippen LogP) is 2.57. The van der Waals surface area contributed by atoms with Gasteiger partial charge in [-0.1, -0.05) is 12.7 Å². The Bertz CT molecular complexity index is 499. The third-order valence-electron chi connectivity index (χ3n) is 2.02. The van der Waals surface area contributed by atoms with E-state index >= 15 is 0 Å². The molecule has 5 nitrogen and oxygen atoms in total. The molecule has 18 heavy (non-hydrogen) atoms. The van der Waals surface area contributed by atoms with Gasteiger partial charge in [0.15, 0.2) is 0 Å². The lowest BCUT2D eigenvalue weighted by Crippen LogP contribution is -2.17. The van der Waals surface area contributed by atoms with Gasteiger partial charge in [-0.05, 0) is 24.6 Å². The number of aryl methyl sites for hydroxylation is 1. The lowest BCUT2D eigenvalue weighted by molar-refractivity contribution is 0.0693. The van der Waals surface area contributed by atoms with Crippen molar-refractivity contribution >= 4 is 17.7 Å². The van der Waals surface area contributed by atoms with Crippen molar-refractivity contribution in [3.05, 3.63) is 41.7 Å². The average Bonchev–Trinajstić information content (AvgIpc) is 2.24. The number of rotatable bonds is 4. The van der Waals surface area contributed by atoms with E-state index in [4.69, 9.17) is 5.11 Å². The van der Waals surface area contributed by atoms with Gasteiger partial charge in [0, 0.05) is 0 Å². The largest absolute Gasteiger partial charge is 0.478 e. The molecule has 0 saturated heterocycles. The molecular formula is C12H12FNO4. The van der Waals surface area contributed by atoms with Crippen LogP contribution in [0.5, 0.6) is 0 Å². The van der Waals surface area contributed by atoms with Crippen molar-refractivity contribution in [3.63, 3.8) is 0 Å². The maximum absolute atomic E-state index is 13.5. The first kappa shape index (κ1) is 13.7. The van der Waals surface area contributed by atoms with Crippen LogP contribution in [0.1, 0.15) is 15.9 Å². The van der Waals surface area contributed by atoms with E-state index in [0.29, 0.717) is 5.56 Å². The van der Waals surface area contributed by atoms with Gasteiger partial charge in [0.1, 0.15) is 18.0 Å². The predicted molar refractivity (Wildman–Crippen MR) is 63.3 cm³/mol. The molecule has 0 aliphatic carbocycles. The van der Waals surface area contributed by atoms with E-state index in [1.807, 2.05) is 0 Å². The van der Waals surface area contributed by atoms with E-state index in [9.17, 15) is 14.0 Å². The SMILES string of the molecule is C=CCOC(=O)Nc1cc(C)cc(F)c1C(=O)O. The minimum absolute atomic E-state index is 0.0253. The van der Waals surface area contributed by atoms with Crippen LogP contribution in [0.25, 0.3) is 0 Å². The lowest BCUT2D eigenvalue weighted by Gasteiger charge is -2.10. The summed E-state index contributed by atoms with van der Waals surface area (Å²) in [6.45, 7) is 4.91. The summed E-state index contributed by atoms with van der Waals surface area (Å²) in [6, 6.07) is 2.42. The molecule has 1 rings (SSSR count). The highest BCUT2D eigenvalue weighted by molar-refractivity contribution is 5.99. The van der Waals surface area contributed by atoms with Crippen molar-refractivity contribution < 1.29 is 23.8 Å². The molecule has 0 radical (unpaired) electrons. The molecule has 0 heterocycles. The van der Waals surface area contributed by atoms with Gasteiger partial charge in [-0.2, -0.15) is 0 Å². The van der Waals surface area contributed by atoms with Gasteiger partial charge >= 0.3 is 12.1 Å². The molecule has 0 aromatic heterocycles. The molecule has 6 heteroatoms. The number of carboxylic acids is 1. The molecule has 0 bridgehead atoms. The van der Waals surface area contributed by atoms with E-state index in [1.165, 1.54) is 12.1 Å². The van der Waals surface area contributed by atoms with Crippen LogP contribution in [-0.4, -0.2) is 23.8 Å². The first-order valence-electron chi connectivity index (χ1n) is 5.03. The van der Waals surface area contributed by atoms with E-state index in [0.717, 1.165) is 6.07 Å². The third kappa shape index (κ3) is 3.31. The van der Waals surface area contributed by atoms with Crippen LogP contribution >= 0.6 is 0 Å². The van der Waals surface area contributed by atoms with Gasteiger partial charge in [0.25, 0.3) is 0 Å². The Morgan fingerprint density at radius 3 is 2.78 bits per heavy atom. The summed E-state index contributed by atoms with van der Waals surface area (Å²) >= 11 is 0. The van der Waals surface area contributed by atoms with E-state index in [2.05, 4.69) is 16.6 Å². The number of amides is 1. The van der Waals surface area contributed by atoms with Gasteiger partial charge in [-0.15, -0.1) is 0 Å². The summed E-state index contributed by atoms with van der Waals surface area (Å²) in [5, 5.41) is 11.1. The number of carbonyl (C=O) groups is 2. The fourth-order valence-electron chi connectivity index (χ4n) is 1.34. The van der Waals surface area contributed by atoms with Crippen molar-refractivity contribution in [1.29, 1.82) is 0 Å². The second-order valence-corrected chi connectivity index (χ2v) is 3.49. The van der Waals surface area contributed by atoms with Crippen molar-refractivity contribution in [2.75, 3.05) is 11.9 Å². The summed E-state index contributed by atoms with van der Waals surface area (Å²) in [4.78, 5) is 22.2. The molecule has 0 aliphatic heterocycles. The van der Waals surface area contributed by atoms with Crippen LogP contribution < -0.4 is 5.32 Å². The Kier molecular flexibility index (Phi) is 4.42. The Labute approximate surface area is 103 Å². The number of ether oxygens (including phenoxy) is 1. The van der Waals surface area contributed by atoms with Crippen molar-refractivity contribution in [2.24, 2.45) is 0 Å². The summed E-state index contributed by atoms with van der Waals surface area (Å²) in [6.07, 6.45) is 0.483. The highest BCUT2D eigenvalue weighted by Crippen LogP contribution is 2.21. The minimum Gasteiger partial charge on any atom is -0.478 e. The molecule has 1 amide bonds. The second kappa shape index (κ2) is 5.81. The number of nitrogens with one attached hydrogen (secondary N) is 1. The van der Waals surface area contributed by atoms with Crippen LogP contribution in [-0.2, 0) is 4.74 Å². The summed E-state index contributed by atoms with van der Waals surface area (Å²) in [7, 11) is 0. The van der Waals surface area contributed by atoms with Crippen molar-refractivity contribution in [3.8, 4) is 0 Å². The molecule has 1 aromatic rings. The van der Waals surface area contributed by atoms with E-state index < -0.39 is 23.4 Å². The Morgan fingerprint density at radius 2 is 2.22 bits per heavy atom. The first-order valence-corrected chi connectivity index (χ1v) is 5.03. The second-order valence-electron chi connectivity index (χ2n) is 3.49. The fourth-order valence-corrected chi connectivity index (χ4v) is 1.34. The number of halogens is 1. The lowest BCUT2D eigenvalue weighted by atomic mass is 10.1. The van der Waals surface area contributed by atoms with Gasteiger partial charge in [-0.25, -0.2) is 14.0 Å². The van der Waals surface area contributed by atoms with Crippen LogP contribution in [0.2, 0.25) is 0 Å². The van der Waals surface area contributed by atoms with E-state index in [1.54, 1.807) is 6.92 Å². The maximum Gasteiger partial charge on any atom is 0.411 e. The summed E-state index contributed by atoms with van der Waals surface area (Å²) in [5.41, 5.74) is -0.262. The summed E-state index contributed by atoms with van der Waals surface area (Å²) < 4.78 is 18.1. The molecule has 0 unspecified atom stereocenters. The molecule has 0 aliphatic rings. The van der Waals surface area contributed by atoms with Crippen molar-refractivity contribution in [2.45, 2.75) is 6.92 Å². The number of hydrogen-bond acceptors (Lipinski definition) is 3. The molecule has 2 N–H and O–H groups in total. The molecular weight excluding hydrogens is 241 g/mol. The smallest absolute Gasteiger partial charge is 0.411 e. The third-order valence-corrected chi connectivity index (χ3v) is 2.02. The van der Waals surface area contributed by atoms with Crippen LogP contribution in [0.3, 0.4) is 0 Å². The molecule has 0 spiro atoms. The number of anilines is 1. The zero-order chi connectivity index (χ0) is 13.7. The highest BCUT2D eigenvalue weighted by Gasteiger charge is 2.18. The molecule has 0 fully saturated rings. The monoisotopic (exact) mass is 253 g/mol. The van der Waals surface area contributed by atoms with Gasteiger partial charge in [0.2, 0.25) is 0 Å². The minimum atomic E-state index is -1.47. The Hall–Kier alpha value is -2.37. The number of aromatic carboxylic acids is 1. The van der Waals surface area contributed by atoms with Gasteiger partial charge in [-0.3, -0.25) is 5.32 Å². The molecule has 96 valence electrons. The number of carboxylic acid groups (broad SMARTS) is 1. The number of hydrogen-bond donors (Lipinski definition) is 2. The number of benzene rings is 1. The van der Waals surface area contributed by atoms with Gasteiger partial charge < -0.3 is 9.84 Å². The average molecular weight is 253 g/mol. The fraction of sp³-hybridized carbons (Fsp3) is 0.167. The Balaban J connectivity index is 3.03. The molecule has 1 aromatic carbocycles. The topological polar surface area (TPSA) is 75.6 Å². The summed E-state index contributed by atoms with van der Waals surface area (Å²) in [5.74, 6) is -2.38. The zero-order valence-electron chi connectivity index (χ0n) is 9.70.